The van der Waals surface area contributed by atoms with Gasteiger partial charge in [0.05, 0.1) is 13.2 Å². The number of hydrogen-bond acceptors (Lipinski definition) is 3. The molecule has 0 fully saturated rings. The number of carbonyl (C=O) groups is 1. The lowest BCUT2D eigenvalue weighted by Crippen LogP contribution is -2.48. The second-order valence-electron chi connectivity index (χ2n) is 4.73. The van der Waals surface area contributed by atoms with Crippen LogP contribution in [0.5, 0.6) is 0 Å². The number of rotatable bonds is 8. The topological polar surface area (TPSA) is 50.4 Å². The van der Waals surface area contributed by atoms with E-state index in [1.807, 2.05) is 13.8 Å². The average Bonchev–Trinajstić information content (AvgIpc) is 2.23. The molecule has 0 aromatic rings. The Morgan fingerprint density at radius 2 is 2.00 bits per heavy atom. The van der Waals surface area contributed by atoms with Crippen LogP contribution >= 0.6 is 0 Å². The molecule has 0 rings (SSSR count). The first kappa shape index (κ1) is 15.4. The maximum absolute atomic E-state index is 11.6. The van der Waals surface area contributed by atoms with Crippen LogP contribution in [0.2, 0.25) is 0 Å². The second kappa shape index (κ2) is 7.63. The molecule has 0 saturated carbocycles. The van der Waals surface area contributed by atoms with Gasteiger partial charge in [-0.2, -0.15) is 0 Å². The van der Waals surface area contributed by atoms with Crippen molar-refractivity contribution >= 4 is 5.91 Å². The lowest BCUT2D eigenvalue weighted by Gasteiger charge is -2.25. The van der Waals surface area contributed by atoms with Gasteiger partial charge >= 0.3 is 0 Å². The van der Waals surface area contributed by atoms with E-state index < -0.39 is 0 Å². The first-order valence-corrected chi connectivity index (χ1v) is 5.98. The monoisotopic (exact) mass is 230 g/mol. The Labute approximate surface area is 99.1 Å². The molecule has 0 spiro atoms. The minimum Gasteiger partial charge on any atom is -0.383 e. The molecule has 2 N–H and O–H groups in total. The highest BCUT2D eigenvalue weighted by atomic mass is 16.5. The Morgan fingerprint density at radius 3 is 2.44 bits per heavy atom. The molecule has 0 aromatic heterocycles. The van der Waals surface area contributed by atoms with E-state index in [4.69, 9.17) is 4.74 Å². The van der Waals surface area contributed by atoms with Gasteiger partial charge in [-0.15, -0.1) is 0 Å². The molecule has 1 unspecified atom stereocenters. The van der Waals surface area contributed by atoms with Gasteiger partial charge in [-0.1, -0.05) is 13.8 Å². The van der Waals surface area contributed by atoms with Crippen molar-refractivity contribution in [3.8, 4) is 0 Å². The van der Waals surface area contributed by atoms with Crippen LogP contribution in [-0.4, -0.2) is 37.7 Å². The van der Waals surface area contributed by atoms with Crippen LogP contribution in [0.25, 0.3) is 0 Å². The van der Waals surface area contributed by atoms with Crippen LogP contribution < -0.4 is 10.6 Å². The number of ether oxygens (including phenoxy) is 1. The SMILES string of the molecule is CCC(COC)NCC(=O)NC(C)(C)CC. The third-order valence-electron chi connectivity index (χ3n) is 2.77. The summed E-state index contributed by atoms with van der Waals surface area (Å²) >= 11 is 0. The fraction of sp³-hybridized carbons (Fsp3) is 0.917. The first-order valence-electron chi connectivity index (χ1n) is 5.98. The van der Waals surface area contributed by atoms with Crippen LogP contribution in [0.3, 0.4) is 0 Å². The highest BCUT2D eigenvalue weighted by Crippen LogP contribution is 2.05. The molecule has 0 aliphatic carbocycles. The van der Waals surface area contributed by atoms with E-state index in [0.717, 1.165) is 12.8 Å². The summed E-state index contributed by atoms with van der Waals surface area (Å²) < 4.78 is 5.06. The van der Waals surface area contributed by atoms with Crippen molar-refractivity contribution in [1.29, 1.82) is 0 Å². The van der Waals surface area contributed by atoms with Gasteiger partial charge in [0.25, 0.3) is 0 Å². The molecule has 0 bridgehead atoms. The van der Waals surface area contributed by atoms with Gasteiger partial charge in [0.1, 0.15) is 0 Å². The van der Waals surface area contributed by atoms with Gasteiger partial charge in [-0.05, 0) is 26.7 Å². The van der Waals surface area contributed by atoms with Crippen molar-refractivity contribution in [3.05, 3.63) is 0 Å². The molecule has 0 aliphatic rings. The van der Waals surface area contributed by atoms with E-state index >= 15 is 0 Å². The highest BCUT2D eigenvalue weighted by molar-refractivity contribution is 5.78. The van der Waals surface area contributed by atoms with E-state index in [1.165, 1.54) is 0 Å². The third kappa shape index (κ3) is 6.80. The van der Waals surface area contributed by atoms with Gasteiger partial charge in [-0.3, -0.25) is 4.79 Å². The maximum atomic E-state index is 11.6. The van der Waals surface area contributed by atoms with Gasteiger partial charge in [-0.25, -0.2) is 0 Å². The smallest absolute Gasteiger partial charge is 0.234 e. The Morgan fingerprint density at radius 1 is 1.38 bits per heavy atom. The van der Waals surface area contributed by atoms with E-state index in [0.29, 0.717) is 13.2 Å². The fourth-order valence-electron chi connectivity index (χ4n) is 1.27. The highest BCUT2D eigenvalue weighted by Gasteiger charge is 2.17. The fourth-order valence-corrected chi connectivity index (χ4v) is 1.27. The standard InChI is InChI=1S/C12H26N2O2/c1-6-10(9-16-5)13-8-11(15)14-12(3,4)7-2/h10,13H,6-9H2,1-5H3,(H,14,15). The Kier molecular flexibility index (Phi) is 7.34. The first-order chi connectivity index (χ1) is 7.45. The molecule has 1 amide bonds. The zero-order valence-electron chi connectivity index (χ0n) is 11.2. The Hall–Kier alpha value is -0.610. The predicted molar refractivity (Wildman–Crippen MR) is 66.5 cm³/mol. The third-order valence-corrected chi connectivity index (χ3v) is 2.77. The zero-order valence-corrected chi connectivity index (χ0v) is 11.2. The predicted octanol–water partition coefficient (Wildman–Crippen LogP) is 1.31. The molecule has 0 saturated heterocycles. The van der Waals surface area contributed by atoms with Gasteiger partial charge in [0.15, 0.2) is 0 Å². The molecular weight excluding hydrogens is 204 g/mol. The maximum Gasteiger partial charge on any atom is 0.234 e. The van der Waals surface area contributed by atoms with Crippen LogP contribution in [0.15, 0.2) is 0 Å². The molecule has 0 radical (unpaired) electrons. The van der Waals surface area contributed by atoms with E-state index in [-0.39, 0.29) is 17.5 Å². The van der Waals surface area contributed by atoms with Crippen LogP contribution in [0.4, 0.5) is 0 Å². The quantitative estimate of drug-likeness (QED) is 0.661. The molecule has 0 aliphatic heterocycles. The molecule has 1 atom stereocenters. The van der Waals surface area contributed by atoms with Crippen molar-refractivity contribution in [2.24, 2.45) is 0 Å². The van der Waals surface area contributed by atoms with Crippen LogP contribution in [0, 0.1) is 0 Å². The van der Waals surface area contributed by atoms with Gasteiger partial charge < -0.3 is 15.4 Å². The molecule has 16 heavy (non-hydrogen) atoms. The molecule has 96 valence electrons. The van der Waals surface area contributed by atoms with E-state index in [9.17, 15) is 4.79 Å². The summed E-state index contributed by atoms with van der Waals surface area (Å²) in [7, 11) is 1.67. The number of amides is 1. The summed E-state index contributed by atoms with van der Waals surface area (Å²) in [5, 5.41) is 6.16. The Bertz CT molecular complexity index is 205. The summed E-state index contributed by atoms with van der Waals surface area (Å²) in [6.45, 7) is 9.18. The Balaban J connectivity index is 3.88. The summed E-state index contributed by atoms with van der Waals surface area (Å²) in [6.07, 6.45) is 1.88. The molecular formula is C12H26N2O2. The molecule has 4 heteroatoms. The molecule has 0 heterocycles. The molecule has 0 aromatic carbocycles. The van der Waals surface area contributed by atoms with Crippen molar-refractivity contribution in [2.45, 2.75) is 52.1 Å². The van der Waals surface area contributed by atoms with Crippen LogP contribution in [-0.2, 0) is 9.53 Å². The normalized spacial score (nSPS) is 13.6. The summed E-state index contributed by atoms with van der Waals surface area (Å²) in [6, 6.07) is 0.250. The summed E-state index contributed by atoms with van der Waals surface area (Å²) in [5.74, 6) is 0.0430. The number of methoxy groups -OCH3 is 1. The van der Waals surface area contributed by atoms with Crippen molar-refractivity contribution in [3.63, 3.8) is 0 Å². The van der Waals surface area contributed by atoms with Crippen molar-refractivity contribution < 1.29 is 9.53 Å². The summed E-state index contributed by atoms with van der Waals surface area (Å²) in [5.41, 5.74) is -0.123. The van der Waals surface area contributed by atoms with Crippen molar-refractivity contribution in [2.75, 3.05) is 20.3 Å². The summed E-state index contributed by atoms with van der Waals surface area (Å²) in [4.78, 5) is 11.6. The zero-order chi connectivity index (χ0) is 12.6. The number of carbonyl (C=O) groups excluding carboxylic acids is 1. The van der Waals surface area contributed by atoms with Gasteiger partial charge in [0.2, 0.25) is 5.91 Å². The second-order valence-corrected chi connectivity index (χ2v) is 4.73. The number of hydrogen-bond donors (Lipinski definition) is 2. The van der Waals surface area contributed by atoms with E-state index in [2.05, 4.69) is 24.5 Å². The average molecular weight is 230 g/mol. The largest absolute Gasteiger partial charge is 0.383 e. The van der Waals surface area contributed by atoms with Crippen molar-refractivity contribution in [1.82, 2.24) is 10.6 Å². The number of nitrogens with one attached hydrogen (secondary N) is 2. The van der Waals surface area contributed by atoms with E-state index in [1.54, 1.807) is 7.11 Å². The minimum atomic E-state index is -0.123. The van der Waals surface area contributed by atoms with Crippen LogP contribution in [0.1, 0.15) is 40.5 Å². The lowest BCUT2D eigenvalue weighted by atomic mass is 10.0. The van der Waals surface area contributed by atoms with Gasteiger partial charge in [0, 0.05) is 18.7 Å². The lowest BCUT2D eigenvalue weighted by molar-refractivity contribution is -0.122. The minimum absolute atomic E-state index is 0.0430. The molecule has 4 nitrogen and oxygen atoms in total.